The van der Waals surface area contributed by atoms with Crippen molar-refractivity contribution in [1.29, 1.82) is 0 Å². The average Bonchev–Trinajstić information content (AvgIpc) is 3.45. The normalized spacial score (nSPS) is 28.3. The quantitative estimate of drug-likeness (QED) is 0.559. The third-order valence-electron chi connectivity index (χ3n) is 6.97. The molecule has 0 amide bonds. The Kier molecular flexibility index (Phi) is 6.52. The minimum absolute atomic E-state index is 0.247. The van der Waals surface area contributed by atoms with E-state index in [1.807, 2.05) is 26.0 Å². The predicted molar refractivity (Wildman–Crippen MR) is 117 cm³/mol. The standard InChI is InChI=1S/C18H25NO.C7H10O2/c1-12-17-9-14-5-6-15(20)10-16(14)18(12,2)7-8-19(17)11-13-3-4-13;1-6(2)4-3-5-7(8)9/h5-6,10,12-13,17,20H,3-4,7-9,11H2,1-2H3;3-5H,1-2H3,(H,8,9). The molecule has 0 aromatic heterocycles. The van der Waals surface area contributed by atoms with Crippen LogP contribution in [0.25, 0.3) is 0 Å². The van der Waals surface area contributed by atoms with E-state index in [1.165, 1.54) is 56.0 Å². The van der Waals surface area contributed by atoms with E-state index in [0.717, 1.165) is 17.6 Å². The Morgan fingerprint density at radius 2 is 2.03 bits per heavy atom. The molecule has 4 nitrogen and oxygen atoms in total. The Bertz CT molecular complexity index is 804. The third kappa shape index (κ3) is 5.11. The van der Waals surface area contributed by atoms with Crippen LogP contribution >= 0.6 is 0 Å². The van der Waals surface area contributed by atoms with Crippen LogP contribution in [0.5, 0.6) is 5.75 Å². The van der Waals surface area contributed by atoms with Crippen LogP contribution in [0, 0.1) is 11.8 Å². The highest BCUT2D eigenvalue weighted by atomic mass is 16.4. The van der Waals surface area contributed by atoms with Gasteiger partial charge in [-0.1, -0.05) is 37.6 Å². The number of likely N-dealkylation sites (tertiary alicyclic amines) is 1. The molecule has 29 heavy (non-hydrogen) atoms. The second-order valence-electron chi connectivity index (χ2n) is 9.45. The van der Waals surface area contributed by atoms with E-state index >= 15 is 0 Å². The molecule has 4 rings (SSSR count). The number of aromatic hydroxyl groups is 1. The van der Waals surface area contributed by atoms with Gasteiger partial charge in [-0.25, -0.2) is 4.79 Å². The van der Waals surface area contributed by atoms with Crippen molar-refractivity contribution in [1.82, 2.24) is 4.90 Å². The molecule has 2 N–H and O–H groups in total. The molecule has 1 aliphatic heterocycles. The van der Waals surface area contributed by atoms with Crippen molar-refractivity contribution in [3.8, 4) is 5.75 Å². The summed E-state index contributed by atoms with van der Waals surface area (Å²) in [6.07, 6.45) is 9.64. The summed E-state index contributed by atoms with van der Waals surface area (Å²) in [4.78, 5) is 12.6. The van der Waals surface area contributed by atoms with Crippen molar-refractivity contribution in [2.24, 2.45) is 11.8 Å². The van der Waals surface area contributed by atoms with E-state index in [2.05, 4.69) is 24.8 Å². The van der Waals surface area contributed by atoms with Gasteiger partial charge in [-0.15, -0.1) is 0 Å². The topological polar surface area (TPSA) is 60.8 Å². The third-order valence-corrected chi connectivity index (χ3v) is 6.97. The molecule has 3 aliphatic rings. The summed E-state index contributed by atoms with van der Waals surface area (Å²) in [5, 5.41) is 18.0. The molecule has 2 bridgehead atoms. The zero-order valence-corrected chi connectivity index (χ0v) is 18.2. The summed E-state index contributed by atoms with van der Waals surface area (Å²) in [6.45, 7) is 11.2. The van der Waals surface area contributed by atoms with E-state index in [9.17, 15) is 9.90 Å². The van der Waals surface area contributed by atoms with Crippen LogP contribution < -0.4 is 0 Å². The Hall–Kier alpha value is -2.07. The second-order valence-corrected chi connectivity index (χ2v) is 9.45. The smallest absolute Gasteiger partial charge is 0.328 e. The zero-order valence-electron chi connectivity index (χ0n) is 18.2. The number of hydrogen-bond acceptors (Lipinski definition) is 3. The van der Waals surface area contributed by atoms with E-state index in [4.69, 9.17) is 5.11 Å². The number of carboxylic acid groups (broad SMARTS) is 1. The summed E-state index contributed by atoms with van der Waals surface area (Å²) in [7, 11) is 0. The minimum atomic E-state index is -0.910. The van der Waals surface area contributed by atoms with Crippen LogP contribution in [0.4, 0.5) is 0 Å². The van der Waals surface area contributed by atoms with Crippen molar-refractivity contribution in [3.63, 3.8) is 0 Å². The Morgan fingerprint density at radius 3 is 2.66 bits per heavy atom. The van der Waals surface area contributed by atoms with Crippen molar-refractivity contribution < 1.29 is 15.0 Å². The van der Waals surface area contributed by atoms with Gasteiger partial charge in [0.05, 0.1) is 0 Å². The predicted octanol–water partition coefficient (Wildman–Crippen LogP) is 4.92. The molecule has 1 heterocycles. The molecule has 0 spiro atoms. The number of aliphatic carboxylic acids is 1. The van der Waals surface area contributed by atoms with Gasteiger partial charge in [-0.2, -0.15) is 0 Å². The molecule has 2 aliphatic carbocycles. The second kappa shape index (κ2) is 8.74. The lowest BCUT2D eigenvalue weighted by Gasteiger charge is -2.54. The van der Waals surface area contributed by atoms with Crippen molar-refractivity contribution in [2.45, 2.75) is 64.8 Å². The van der Waals surface area contributed by atoms with E-state index < -0.39 is 5.97 Å². The van der Waals surface area contributed by atoms with Gasteiger partial charge in [-0.05, 0) is 86.6 Å². The lowest BCUT2D eigenvalue weighted by atomic mass is 9.59. The van der Waals surface area contributed by atoms with Crippen LogP contribution in [0.2, 0.25) is 0 Å². The highest BCUT2D eigenvalue weighted by molar-refractivity contribution is 5.80. The molecule has 3 atom stereocenters. The Balaban J connectivity index is 0.000000229. The van der Waals surface area contributed by atoms with Gasteiger partial charge in [-0.3, -0.25) is 4.90 Å². The maximum absolute atomic E-state index is 9.86. The monoisotopic (exact) mass is 397 g/mol. The van der Waals surface area contributed by atoms with Gasteiger partial charge in [0.15, 0.2) is 0 Å². The van der Waals surface area contributed by atoms with Crippen molar-refractivity contribution in [3.05, 3.63) is 53.1 Å². The number of fused-ring (bicyclic) bond motifs is 4. The highest BCUT2D eigenvalue weighted by Crippen LogP contribution is 2.49. The lowest BCUT2D eigenvalue weighted by molar-refractivity contribution is -0.131. The number of piperidine rings is 1. The fourth-order valence-electron chi connectivity index (χ4n) is 4.88. The van der Waals surface area contributed by atoms with Crippen LogP contribution in [0.3, 0.4) is 0 Å². The first-order valence-corrected chi connectivity index (χ1v) is 10.8. The summed E-state index contributed by atoms with van der Waals surface area (Å²) in [5.74, 6) is 1.18. The molecule has 2 fully saturated rings. The Labute approximate surface area is 174 Å². The number of phenols is 1. The molecule has 1 saturated heterocycles. The summed E-state index contributed by atoms with van der Waals surface area (Å²) in [6, 6.07) is 6.74. The first kappa shape index (κ1) is 21.6. The number of hydrogen-bond donors (Lipinski definition) is 2. The molecule has 4 heteroatoms. The van der Waals surface area contributed by atoms with Gasteiger partial charge in [0.1, 0.15) is 5.75 Å². The molecular formula is C25H35NO3. The molecule has 1 aromatic carbocycles. The van der Waals surface area contributed by atoms with E-state index in [0.29, 0.717) is 17.7 Å². The number of phenolic OH excluding ortho intramolecular Hbond substituents is 1. The molecule has 1 saturated carbocycles. The number of benzene rings is 1. The number of allylic oxidation sites excluding steroid dienone is 3. The molecular weight excluding hydrogens is 362 g/mol. The molecule has 1 aromatic rings. The highest BCUT2D eigenvalue weighted by Gasteiger charge is 2.48. The van der Waals surface area contributed by atoms with Gasteiger partial charge >= 0.3 is 5.97 Å². The van der Waals surface area contributed by atoms with E-state index in [1.54, 1.807) is 6.08 Å². The van der Waals surface area contributed by atoms with Crippen molar-refractivity contribution in [2.75, 3.05) is 13.1 Å². The average molecular weight is 398 g/mol. The SMILES string of the molecule is CC(C)=CC=CC(=O)O.CC1C2Cc3ccc(O)cc3C1(C)CCN2CC1CC1. The number of carboxylic acids is 1. The van der Waals surface area contributed by atoms with Crippen LogP contribution in [0.1, 0.15) is 58.1 Å². The van der Waals surface area contributed by atoms with Crippen molar-refractivity contribution >= 4 is 5.97 Å². The Morgan fingerprint density at radius 1 is 1.31 bits per heavy atom. The van der Waals surface area contributed by atoms with Crippen LogP contribution in [-0.2, 0) is 16.6 Å². The van der Waals surface area contributed by atoms with E-state index in [-0.39, 0.29) is 5.41 Å². The summed E-state index contributed by atoms with van der Waals surface area (Å²) < 4.78 is 0. The number of nitrogens with zero attached hydrogens (tertiary/aromatic N) is 1. The van der Waals surface area contributed by atoms with Crippen LogP contribution in [-0.4, -0.2) is 40.2 Å². The molecule has 158 valence electrons. The van der Waals surface area contributed by atoms with Crippen LogP contribution in [0.15, 0.2) is 42.0 Å². The maximum Gasteiger partial charge on any atom is 0.328 e. The number of carbonyl (C=O) groups is 1. The largest absolute Gasteiger partial charge is 0.508 e. The zero-order chi connectivity index (χ0) is 21.2. The van der Waals surface area contributed by atoms with Gasteiger partial charge in [0.25, 0.3) is 0 Å². The van der Waals surface area contributed by atoms with Gasteiger partial charge < -0.3 is 10.2 Å². The van der Waals surface area contributed by atoms with Gasteiger partial charge in [0, 0.05) is 18.7 Å². The maximum atomic E-state index is 9.86. The fraction of sp³-hybridized carbons (Fsp3) is 0.560. The first-order valence-electron chi connectivity index (χ1n) is 10.8. The minimum Gasteiger partial charge on any atom is -0.508 e. The summed E-state index contributed by atoms with van der Waals surface area (Å²) in [5.41, 5.74) is 4.21. The number of rotatable bonds is 4. The van der Waals surface area contributed by atoms with Gasteiger partial charge in [0.2, 0.25) is 0 Å². The first-order chi connectivity index (χ1) is 13.7. The summed E-state index contributed by atoms with van der Waals surface area (Å²) >= 11 is 0. The molecule has 0 radical (unpaired) electrons. The lowest BCUT2D eigenvalue weighted by Crippen LogP contribution is -2.58. The molecule has 3 unspecified atom stereocenters. The fourth-order valence-corrected chi connectivity index (χ4v) is 4.88.